The molecule has 2 aliphatic heterocycles. The average molecular weight is 382 g/mol. The molecule has 0 unspecified atom stereocenters. The molecular weight excluding hydrogens is 362 g/mol. The van der Waals surface area contributed by atoms with E-state index >= 15 is 0 Å². The molecule has 1 saturated heterocycles. The van der Waals surface area contributed by atoms with Gasteiger partial charge in [-0.2, -0.15) is 5.10 Å². The maximum Gasteiger partial charge on any atom is 0.341 e. The summed E-state index contributed by atoms with van der Waals surface area (Å²) in [4.78, 5) is 14.5. The number of anilines is 1. The number of likely N-dealkylation sites (tertiary alicyclic amines) is 1. The van der Waals surface area contributed by atoms with Gasteiger partial charge in [0.05, 0.1) is 6.04 Å². The minimum atomic E-state index is -0.660. The highest BCUT2D eigenvalue weighted by Crippen LogP contribution is 2.32. The molecule has 144 valence electrons. The van der Waals surface area contributed by atoms with Crippen molar-refractivity contribution in [2.24, 2.45) is 5.10 Å². The zero-order chi connectivity index (χ0) is 19.7. The van der Waals surface area contributed by atoms with Crippen molar-refractivity contribution in [3.63, 3.8) is 0 Å². The highest BCUT2D eigenvalue weighted by atomic mass is 19.1. The Hall–Kier alpha value is -3.22. The van der Waals surface area contributed by atoms with Gasteiger partial charge < -0.3 is 10.2 Å². The van der Waals surface area contributed by atoms with Gasteiger partial charge in [-0.15, -0.1) is 0 Å². The van der Waals surface area contributed by atoms with Crippen LogP contribution in [0.1, 0.15) is 23.6 Å². The lowest BCUT2D eigenvalue weighted by Crippen LogP contribution is -2.49. The third kappa shape index (κ3) is 3.60. The lowest BCUT2D eigenvalue weighted by atomic mass is 10.0. The summed E-state index contributed by atoms with van der Waals surface area (Å²) in [6, 6.07) is 10.6. The van der Waals surface area contributed by atoms with Crippen LogP contribution in [0.25, 0.3) is 6.08 Å². The van der Waals surface area contributed by atoms with Crippen LogP contribution < -0.4 is 5.32 Å². The molecule has 2 heterocycles. The van der Waals surface area contributed by atoms with Gasteiger partial charge in [0.25, 0.3) is 0 Å². The summed E-state index contributed by atoms with van der Waals surface area (Å²) < 4.78 is 27.1. The second kappa shape index (κ2) is 7.42. The molecule has 2 aliphatic rings. The summed E-state index contributed by atoms with van der Waals surface area (Å²) in [5.41, 5.74) is 3.64. The van der Waals surface area contributed by atoms with Crippen LogP contribution in [0.3, 0.4) is 0 Å². The Morgan fingerprint density at radius 3 is 2.64 bits per heavy atom. The Kier molecular flexibility index (Phi) is 4.81. The van der Waals surface area contributed by atoms with Crippen molar-refractivity contribution in [3.8, 4) is 0 Å². The van der Waals surface area contributed by atoms with Gasteiger partial charge in [-0.3, -0.25) is 0 Å². The van der Waals surface area contributed by atoms with Crippen LogP contribution in [-0.2, 0) is 0 Å². The largest absolute Gasteiger partial charge is 0.388 e. The van der Waals surface area contributed by atoms with E-state index in [2.05, 4.69) is 16.5 Å². The van der Waals surface area contributed by atoms with Crippen molar-refractivity contribution in [3.05, 3.63) is 70.8 Å². The molecule has 5 nitrogen and oxygen atoms in total. The standard InChI is InChI=1S/C21H20F2N4O/c1-24-19-4-2-3-14(8-19)7-15-12-26(13-15)21(28)27-20(5-6-25-27)16-9-17(22)11-18(23)10-16/h2-4,6-11,20,24H,5,12-13H2,1H3/t20-/m0/s1. The topological polar surface area (TPSA) is 47.9 Å². The van der Waals surface area contributed by atoms with E-state index in [1.165, 1.54) is 17.1 Å². The fraction of sp³-hybridized carbons (Fsp3) is 0.238. The molecule has 28 heavy (non-hydrogen) atoms. The van der Waals surface area contributed by atoms with Crippen molar-refractivity contribution in [2.75, 3.05) is 25.5 Å². The molecule has 2 amide bonds. The fourth-order valence-corrected chi connectivity index (χ4v) is 3.48. The van der Waals surface area contributed by atoms with Crippen LogP contribution in [0.15, 0.2) is 53.1 Å². The Balaban J connectivity index is 1.44. The predicted octanol–water partition coefficient (Wildman–Crippen LogP) is 4.26. The number of hydrazone groups is 1. The van der Waals surface area contributed by atoms with E-state index in [0.717, 1.165) is 22.9 Å². The van der Waals surface area contributed by atoms with Gasteiger partial charge in [0, 0.05) is 44.5 Å². The highest BCUT2D eigenvalue weighted by Gasteiger charge is 2.35. The summed E-state index contributed by atoms with van der Waals surface area (Å²) in [6.45, 7) is 1.03. The number of hydrogen-bond donors (Lipinski definition) is 1. The molecule has 1 atom stereocenters. The molecule has 2 aromatic rings. The molecule has 2 aromatic carbocycles. The van der Waals surface area contributed by atoms with Crippen LogP contribution in [0.2, 0.25) is 0 Å². The second-order valence-electron chi connectivity index (χ2n) is 6.91. The number of nitrogens with one attached hydrogen (secondary N) is 1. The molecule has 0 bridgehead atoms. The Morgan fingerprint density at radius 2 is 1.93 bits per heavy atom. The van der Waals surface area contributed by atoms with Crippen molar-refractivity contribution >= 4 is 24.0 Å². The minimum Gasteiger partial charge on any atom is -0.388 e. The van der Waals surface area contributed by atoms with Gasteiger partial charge in [0.2, 0.25) is 0 Å². The third-order valence-corrected chi connectivity index (χ3v) is 4.90. The molecular formula is C21H20F2N4O. The van der Waals surface area contributed by atoms with E-state index < -0.39 is 17.7 Å². The number of amides is 2. The van der Waals surface area contributed by atoms with Gasteiger partial charge in [0.1, 0.15) is 11.6 Å². The maximum atomic E-state index is 13.6. The lowest BCUT2D eigenvalue weighted by Gasteiger charge is -2.37. The van der Waals surface area contributed by atoms with Crippen molar-refractivity contribution < 1.29 is 13.6 Å². The molecule has 0 radical (unpaired) electrons. The van der Waals surface area contributed by atoms with E-state index in [0.29, 0.717) is 25.1 Å². The summed E-state index contributed by atoms with van der Waals surface area (Å²) >= 11 is 0. The summed E-state index contributed by atoms with van der Waals surface area (Å²) in [5, 5.41) is 8.54. The maximum absolute atomic E-state index is 13.6. The minimum absolute atomic E-state index is 0.260. The van der Waals surface area contributed by atoms with Crippen molar-refractivity contribution in [1.29, 1.82) is 0 Å². The fourth-order valence-electron chi connectivity index (χ4n) is 3.48. The van der Waals surface area contributed by atoms with Crippen LogP contribution in [0, 0.1) is 11.6 Å². The molecule has 1 fully saturated rings. The first kappa shape index (κ1) is 18.2. The van der Waals surface area contributed by atoms with E-state index in [-0.39, 0.29) is 6.03 Å². The smallest absolute Gasteiger partial charge is 0.341 e. The lowest BCUT2D eigenvalue weighted by molar-refractivity contribution is 0.136. The normalized spacial score (nSPS) is 18.2. The van der Waals surface area contributed by atoms with Crippen LogP contribution in [-0.4, -0.2) is 42.3 Å². The SMILES string of the molecule is CNc1cccc(C=C2CN(C(=O)N3N=CC[C@H]3c3cc(F)cc(F)c3)C2)c1. The number of benzene rings is 2. The first-order valence-electron chi connectivity index (χ1n) is 9.07. The van der Waals surface area contributed by atoms with Gasteiger partial charge in [-0.25, -0.2) is 18.6 Å². The molecule has 0 aliphatic carbocycles. The first-order chi connectivity index (χ1) is 13.5. The number of hydrogen-bond acceptors (Lipinski definition) is 3. The molecule has 4 rings (SSSR count). The summed E-state index contributed by atoms with van der Waals surface area (Å²) in [7, 11) is 1.87. The molecule has 0 spiro atoms. The van der Waals surface area contributed by atoms with Crippen molar-refractivity contribution in [1.82, 2.24) is 9.91 Å². The highest BCUT2D eigenvalue weighted by molar-refractivity contribution is 5.81. The molecule has 0 aromatic heterocycles. The Bertz CT molecular complexity index is 944. The summed E-state index contributed by atoms with van der Waals surface area (Å²) in [6.07, 6.45) is 4.10. The Labute approximate surface area is 161 Å². The molecule has 1 N–H and O–H groups in total. The van der Waals surface area contributed by atoms with Gasteiger partial charge in [-0.1, -0.05) is 18.2 Å². The predicted molar refractivity (Wildman–Crippen MR) is 105 cm³/mol. The quantitative estimate of drug-likeness (QED) is 0.862. The van der Waals surface area contributed by atoms with E-state index in [9.17, 15) is 13.6 Å². The Morgan fingerprint density at radius 1 is 1.18 bits per heavy atom. The zero-order valence-corrected chi connectivity index (χ0v) is 15.4. The van der Waals surface area contributed by atoms with Gasteiger partial charge in [-0.05, 0) is 41.0 Å². The zero-order valence-electron chi connectivity index (χ0n) is 15.4. The molecule has 7 heteroatoms. The second-order valence-corrected chi connectivity index (χ2v) is 6.91. The number of carbonyl (C=O) groups excluding carboxylic acids is 1. The van der Waals surface area contributed by atoms with Gasteiger partial charge >= 0.3 is 6.03 Å². The number of halogens is 2. The number of urea groups is 1. The van der Waals surface area contributed by atoms with Crippen LogP contribution in [0.4, 0.5) is 19.3 Å². The third-order valence-electron chi connectivity index (χ3n) is 4.90. The van der Waals surface area contributed by atoms with E-state index in [1.807, 2.05) is 31.3 Å². The van der Waals surface area contributed by atoms with Crippen molar-refractivity contribution in [2.45, 2.75) is 12.5 Å². The van der Waals surface area contributed by atoms with Crippen LogP contribution in [0.5, 0.6) is 0 Å². The number of nitrogens with zero attached hydrogens (tertiary/aromatic N) is 3. The van der Waals surface area contributed by atoms with Gasteiger partial charge in [0.15, 0.2) is 0 Å². The molecule has 0 saturated carbocycles. The van der Waals surface area contributed by atoms with E-state index in [4.69, 9.17) is 0 Å². The average Bonchev–Trinajstić information content (AvgIpc) is 3.13. The van der Waals surface area contributed by atoms with E-state index in [1.54, 1.807) is 11.1 Å². The number of carbonyl (C=O) groups is 1. The number of rotatable bonds is 3. The monoisotopic (exact) mass is 382 g/mol. The first-order valence-corrected chi connectivity index (χ1v) is 9.07. The summed E-state index contributed by atoms with van der Waals surface area (Å²) in [5.74, 6) is -1.32. The van der Waals surface area contributed by atoms with Crippen LogP contribution >= 0.6 is 0 Å².